The second-order valence-electron chi connectivity index (χ2n) is 3.77. The zero-order chi connectivity index (χ0) is 14.8. The van der Waals surface area contributed by atoms with Crippen LogP contribution in [0.5, 0.6) is 0 Å². The van der Waals surface area contributed by atoms with E-state index in [0.29, 0.717) is 0 Å². The third kappa shape index (κ3) is 2.67. The number of nitro groups is 1. The summed E-state index contributed by atoms with van der Waals surface area (Å²) >= 11 is 0. The first-order valence-corrected chi connectivity index (χ1v) is 6.87. The third-order valence-electron chi connectivity index (χ3n) is 2.41. The average molecular weight is 294 g/mol. The zero-order valence-corrected chi connectivity index (χ0v) is 10.9. The molecule has 0 saturated carbocycles. The second kappa shape index (κ2) is 5.13. The lowest BCUT2D eigenvalue weighted by Gasteiger charge is -2.08. The number of nitrogens with two attached hydrogens (primary N) is 1. The number of nitro benzene ring substituents is 1. The van der Waals surface area contributed by atoms with E-state index in [1.54, 1.807) is 12.1 Å². The van der Waals surface area contributed by atoms with Crippen molar-refractivity contribution in [2.75, 3.05) is 10.5 Å². The quantitative estimate of drug-likeness (QED) is 0.498. The van der Waals surface area contributed by atoms with Gasteiger partial charge in [0.05, 0.1) is 4.92 Å². The fourth-order valence-electron chi connectivity index (χ4n) is 1.57. The van der Waals surface area contributed by atoms with Crippen LogP contribution in [0, 0.1) is 10.1 Å². The Labute approximate surface area is 114 Å². The maximum absolute atomic E-state index is 12.2. The molecule has 0 aliphatic carbocycles. The highest BCUT2D eigenvalue weighted by atomic mass is 32.2. The second-order valence-corrected chi connectivity index (χ2v) is 5.42. The summed E-state index contributed by atoms with van der Waals surface area (Å²) in [6.45, 7) is 0. The molecular weight excluding hydrogens is 284 g/mol. The largest absolute Gasteiger partial charge is 0.393 e. The minimum atomic E-state index is -4.15. The first-order chi connectivity index (χ1) is 9.42. The number of nitrogens with one attached hydrogen (secondary N) is 1. The number of rotatable bonds is 4. The highest BCUT2D eigenvalue weighted by molar-refractivity contribution is 7.92. The van der Waals surface area contributed by atoms with E-state index in [1.807, 2.05) is 0 Å². The molecule has 0 aliphatic heterocycles. The van der Waals surface area contributed by atoms with E-state index in [9.17, 15) is 18.5 Å². The minimum Gasteiger partial charge on any atom is -0.393 e. The van der Waals surface area contributed by atoms with Crippen molar-refractivity contribution < 1.29 is 13.3 Å². The van der Waals surface area contributed by atoms with Gasteiger partial charge in [-0.05, 0) is 24.3 Å². The summed E-state index contributed by atoms with van der Waals surface area (Å²) in [5.41, 5.74) is 4.58. The molecule has 8 nitrogen and oxygen atoms in total. The van der Waals surface area contributed by atoms with Gasteiger partial charge in [-0.25, -0.2) is 13.4 Å². The Morgan fingerprint density at radius 1 is 1.20 bits per heavy atom. The zero-order valence-electron chi connectivity index (χ0n) is 10.1. The van der Waals surface area contributed by atoms with Gasteiger partial charge in [0.15, 0.2) is 4.90 Å². The molecular formula is C11H10N4O4S. The average Bonchev–Trinajstić information content (AvgIpc) is 2.38. The molecule has 2 aromatic rings. The van der Waals surface area contributed by atoms with Crippen molar-refractivity contribution in [2.24, 2.45) is 0 Å². The highest BCUT2D eigenvalue weighted by Crippen LogP contribution is 2.30. The number of hydrogen-bond acceptors (Lipinski definition) is 6. The van der Waals surface area contributed by atoms with Crippen molar-refractivity contribution in [3.05, 3.63) is 52.7 Å². The summed E-state index contributed by atoms with van der Waals surface area (Å²) in [5.74, 6) is 0.0595. The van der Waals surface area contributed by atoms with Crippen molar-refractivity contribution in [1.82, 2.24) is 4.98 Å². The highest BCUT2D eigenvalue weighted by Gasteiger charge is 2.28. The summed E-state index contributed by atoms with van der Waals surface area (Å²) < 4.78 is 26.5. The summed E-state index contributed by atoms with van der Waals surface area (Å²) in [6, 6.07) is 8.32. The predicted molar refractivity (Wildman–Crippen MR) is 72.6 cm³/mol. The van der Waals surface area contributed by atoms with E-state index in [0.717, 1.165) is 6.07 Å². The molecule has 0 bridgehead atoms. The summed E-state index contributed by atoms with van der Waals surface area (Å²) in [6.07, 6.45) is 1.39. The van der Waals surface area contributed by atoms with Crippen LogP contribution in [0.15, 0.2) is 47.5 Å². The van der Waals surface area contributed by atoms with E-state index in [4.69, 9.17) is 5.73 Å². The standard InChI is InChI=1S/C11H10N4O4S/c12-8-4-3-5-9(11(8)15(16)17)20(18,19)14-10-6-1-2-7-13-10/h1-7H,12H2,(H,13,14). The van der Waals surface area contributed by atoms with Gasteiger partial charge < -0.3 is 5.73 Å². The van der Waals surface area contributed by atoms with E-state index < -0.39 is 25.5 Å². The molecule has 104 valence electrons. The Bertz CT molecular complexity index is 746. The molecule has 0 atom stereocenters. The van der Waals surface area contributed by atoms with Crippen LogP contribution in [0.3, 0.4) is 0 Å². The Morgan fingerprint density at radius 2 is 1.95 bits per heavy atom. The lowest BCUT2D eigenvalue weighted by Crippen LogP contribution is -2.16. The van der Waals surface area contributed by atoms with Crippen molar-refractivity contribution in [1.29, 1.82) is 0 Å². The molecule has 0 amide bonds. The van der Waals surface area contributed by atoms with Crippen LogP contribution >= 0.6 is 0 Å². The van der Waals surface area contributed by atoms with Crippen LogP contribution < -0.4 is 10.5 Å². The van der Waals surface area contributed by atoms with Crippen molar-refractivity contribution >= 4 is 27.2 Å². The molecule has 20 heavy (non-hydrogen) atoms. The molecule has 0 saturated heterocycles. The first-order valence-electron chi connectivity index (χ1n) is 5.38. The van der Waals surface area contributed by atoms with E-state index in [-0.39, 0.29) is 11.5 Å². The molecule has 1 heterocycles. The number of benzene rings is 1. The number of sulfonamides is 1. The van der Waals surface area contributed by atoms with Crippen LogP contribution in [0.25, 0.3) is 0 Å². The van der Waals surface area contributed by atoms with Gasteiger partial charge in [-0.2, -0.15) is 0 Å². The summed E-state index contributed by atoms with van der Waals surface area (Å²) in [4.78, 5) is 13.4. The van der Waals surface area contributed by atoms with Crippen LogP contribution in [-0.4, -0.2) is 18.3 Å². The topological polar surface area (TPSA) is 128 Å². The van der Waals surface area contributed by atoms with Gasteiger partial charge in [-0.1, -0.05) is 12.1 Å². The number of nitrogens with zero attached hydrogens (tertiary/aromatic N) is 2. The van der Waals surface area contributed by atoms with Crippen molar-refractivity contribution in [3.8, 4) is 0 Å². The molecule has 1 aromatic carbocycles. The van der Waals surface area contributed by atoms with E-state index >= 15 is 0 Å². The maximum atomic E-state index is 12.2. The Balaban J connectivity index is 2.50. The summed E-state index contributed by atoms with van der Waals surface area (Å²) in [5, 5.41) is 11.0. The van der Waals surface area contributed by atoms with Gasteiger partial charge in [-0.3, -0.25) is 14.8 Å². The van der Waals surface area contributed by atoms with Gasteiger partial charge in [0, 0.05) is 6.20 Å². The number of nitrogen functional groups attached to an aromatic ring is 1. The van der Waals surface area contributed by atoms with Crippen molar-refractivity contribution in [2.45, 2.75) is 4.90 Å². The van der Waals surface area contributed by atoms with Crippen molar-refractivity contribution in [3.63, 3.8) is 0 Å². The molecule has 0 spiro atoms. The normalized spacial score (nSPS) is 11.0. The molecule has 2 rings (SSSR count). The first kappa shape index (κ1) is 13.7. The Hall–Kier alpha value is -2.68. The van der Waals surface area contributed by atoms with E-state index in [1.165, 1.54) is 24.4 Å². The van der Waals surface area contributed by atoms with Crippen LogP contribution in [0.1, 0.15) is 0 Å². The molecule has 0 unspecified atom stereocenters. The van der Waals surface area contributed by atoms with Crippen LogP contribution in [0.4, 0.5) is 17.2 Å². The van der Waals surface area contributed by atoms with Gasteiger partial charge in [0.2, 0.25) is 0 Å². The SMILES string of the molecule is Nc1cccc(S(=O)(=O)Nc2ccccn2)c1[N+](=O)[O-]. The van der Waals surface area contributed by atoms with Gasteiger partial charge in [-0.15, -0.1) is 0 Å². The smallest absolute Gasteiger partial charge is 0.312 e. The summed E-state index contributed by atoms with van der Waals surface area (Å²) in [7, 11) is -4.15. The number of para-hydroxylation sites is 1. The fourth-order valence-corrected chi connectivity index (χ4v) is 2.78. The number of aromatic nitrogens is 1. The lowest BCUT2D eigenvalue weighted by atomic mass is 10.3. The number of hydrogen-bond donors (Lipinski definition) is 2. The fraction of sp³-hybridized carbons (Fsp3) is 0. The molecule has 0 radical (unpaired) electrons. The molecule has 1 aromatic heterocycles. The number of anilines is 2. The lowest BCUT2D eigenvalue weighted by molar-refractivity contribution is -0.386. The number of pyridine rings is 1. The van der Waals surface area contributed by atoms with Crippen LogP contribution in [0.2, 0.25) is 0 Å². The predicted octanol–water partition coefficient (Wildman–Crippen LogP) is 1.37. The maximum Gasteiger partial charge on any atom is 0.312 e. The third-order valence-corrected chi connectivity index (χ3v) is 3.79. The van der Waals surface area contributed by atoms with Crippen LogP contribution in [-0.2, 0) is 10.0 Å². The van der Waals surface area contributed by atoms with Gasteiger partial charge in [0.25, 0.3) is 10.0 Å². The Morgan fingerprint density at radius 3 is 2.55 bits per heavy atom. The molecule has 9 heteroatoms. The van der Waals surface area contributed by atoms with Gasteiger partial charge >= 0.3 is 5.69 Å². The van der Waals surface area contributed by atoms with Gasteiger partial charge in [0.1, 0.15) is 11.5 Å². The Kier molecular flexibility index (Phi) is 3.53. The minimum absolute atomic E-state index is 0.0595. The molecule has 3 N–H and O–H groups in total. The molecule has 0 aliphatic rings. The molecule has 0 fully saturated rings. The van der Waals surface area contributed by atoms with E-state index in [2.05, 4.69) is 9.71 Å². The monoisotopic (exact) mass is 294 g/mol.